The van der Waals surface area contributed by atoms with Crippen LogP contribution >= 0.6 is 0 Å². The van der Waals surface area contributed by atoms with Crippen LogP contribution < -0.4 is 11.2 Å². The number of aryl methyl sites for hydroxylation is 1. The van der Waals surface area contributed by atoms with Crippen molar-refractivity contribution in [3.05, 3.63) is 27.2 Å². The van der Waals surface area contributed by atoms with E-state index in [0.29, 0.717) is 37.0 Å². The van der Waals surface area contributed by atoms with Crippen LogP contribution in [0.4, 0.5) is 0 Å². The predicted octanol–water partition coefficient (Wildman–Crippen LogP) is 0.991. The van der Waals surface area contributed by atoms with Crippen molar-refractivity contribution in [2.24, 2.45) is 7.05 Å². The number of aromatic nitrogens is 4. The smallest absolute Gasteiger partial charge is 0.328 e. The van der Waals surface area contributed by atoms with Crippen LogP contribution in [0.5, 0.6) is 0 Å². The molecule has 3 rings (SSSR count). The number of carbonyl (C=O) groups is 1. The number of carbonyl (C=O) groups excluding carboxylic acids is 1. The van der Waals surface area contributed by atoms with Gasteiger partial charge in [-0.3, -0.25) is 13.9 Å². The summed E-state index contributed by atoms with van der Waals surface area (Å²) < 4.78 is 4.62. The first kappa shape index (κ1) is 14.7. The van der Waals surface area contributed by atoms with Crippen LogP contribution in [0.25, 0.3) is 11.2 Å². The Bertz CT molecular complexity index is 839. The lowest BCUT2D eigenvalue weighted by Gasteiger charge is -2.11. The lowest BCUT2D eigenvalue weighted by Crippen LogP contribution is -2.40. The first-order chi connectivity index (χ1) is 10.5. The molecule has 0 atom stereocenters. The van der Waals surface area contributed by atoms with E-state index >= 15 is 0 Å². The summed E-state index contributed by atoms with van der Waals surface area (Å²) in [4.78, 5) is 40.4. The zero-order valence-corrected chi connectivity index (χ0v) is 12.9. The molecule has 0 spiro atoms. The minimum absolute atomic E-state index is 0.129. The maximum atomic E-state index is 12.6. The molecule has 0 N–H and O–H groups in total. The number of ketones is 1. The molecule has 0 saturated heterocycles. The number of fused-ring (bicyclic) bond motifs is 1. The van der Waals surface area contributed by atoms with E-state index in [4.69, 9.17) is 0 Å². The summed E-state index contributed by atoms with van der Waals surface area (Å²) in [7, 11) is 1.76. The Morgan fingerprint density at radius 3 is 2.68 bits per heavy atom. The molecule has 1 aliphatic carbocycles. The topological polar surface area (TPSA) is 78.9 Å². The first-order valence-corrected chi connectivity index (χ1v) is 7.66. The van der Waals surface area contributed by atoms with Gasteiger partial charge in [-0.1, -0.05) is 0 Å². The molecule has 7 heteroatoms. The third-order valence-corrected chi connectivity index (χ3v) is 4.10. The van der Waals surface area contributed by atoms with Gasteiger partial charge < -0.3 is 9.36 Å². The molecule has 1 saturated carbocycles. The average Bonchev–Trinajstić information content (AvgIpc) is 3.21. The maximum Gasteiger partial charge on any atom is 0.332 e. The Morgan fingerprint density at radius 1 is 1.32 bits per heavy atom. The summed E-state index contributed by atoms with van der Waals surface area (Å²) in [5.41, 5.74) is 0.388. The van der Waals surface area contributed by atoms with Crippen molar-refractivity contribution in [3.63, 3.8) is 0 Å². The van der Waals surface area contributed by atoms with Gasteiger partial charge in [0.25, 0.3) is 5.56 Å². The highest BCUT2D eigenvalue weighted by Gasteiger charge is 2.29. The Kier molecular flexibility index (Phi) is 3.72. The van der Waals surface area contributed by atoms with E-state index in [1.807, 2.05) is 0 Å². The van der Waals surface area contributed by atoms with Crippen LogP contribution in [0.1, 0.15) is 45.1 Å². The van der Waals surface area contributed by atoms with Gasteiger partial charge in [-0.15, -0.1) is 0 Å². The van der Waals surface area contributed by atoms with Crippen molar-refractivity contribution in [2.45, 2.75) is 51.6 Å². The highest BCUT2D eigenvalue weighted by molar-refractivity contribution is 5.75. The quantitative estimate of drug-likeness (QED) is 0.746. The molecular formula is C15H20N4O3. The standard InChI is InChI=1S/C15H20N4O3/c1-10(20)5-3-4-8-18-14(21)12-13(16-9-17(12)2)19(15(18)22)11-6-7-11/h9,11H,3-8H2,1-2H3. The van der Waals surface area contributed by atoms with E-state index in [2.05, 4.69) is 4.98 Å². The molecule has 2 heterocycles. The number of hydrogen-bond acceptors (Lipinski definition) is 4. The zero-order chi connectivity index (χ0) is 15.9. The fraction of sp³-hybridized carbons (Fsp3) is 0.600. The van der Waals surface area contributed by atoms with Crippen LogP contribution in [0.15, 0.2) is 15.9 Å². The van der Waals surface area contributed by atoms with Gasteiger partial charge in [-0.2, -0.15) is 0 Å². The van der Waals surface area contributed by atoms with Gasteiger partial charge in [-0.05, 0) is 32.6 Å². The molecule has 0 aliphatic heterocycles. The molecule has 0 radical (unpaired) electrons. The number of imidazole rings is 1. The lowest BCUT2D eigenvalue weighted by molar-refractivity contribution is -0.117. The van der Waals surface area contributed by atoms with Crippen molar-refractivity contribution in [3.8, 4) is 0 Å². The molecule has 7 nitrogen and oxygen atoms in total. The van der Waals surface area contributed by atoms with Gasteiger partial charge in [0.2, 0.25) is 0 Å². The van der Waals surface area contributed by atoms with Gasteiger partial charge >= 0.3 is 5.69 Å². The van der Waals surface area contributed by atoms with Gasteiger partial charge in [0.05, 0.1) is 6.33 Å². The summed E-state index contributed by atoms with van der Waals surface area (Å²) in [6.45, 7) is 1.90. The average molecular weight is 304 g/mol. The summed E-state index contributed by atoms with van der Waals surface area (Å²) >= 11 is 0. The predicted molar refractivity (Wildman–Crippen MR) is 82.0 cm³/mol. The summed E-state index contributed by atoms with van der Waals surface area (Å²) in [6, 6.07) is 0.161. The molecule has 118 valence electrons. The van der Waals surface area contributed by atoms with E-state index in [-0.39, 0.29) is 23.1 Å². The Balaban J connectivity index is 2.02. The summed E-state index contributed by atoms with van der Waals surface area (Å²) in [5.74, 6) is 0.129. The SMILES string of the molecule is CC(=O)CCCCn1c(=O)c2c(ncn2C)n(C2CC2)c1=O. The largest absolute Gasteiger partial charge is 0.332 e. The molecule has 22 heavy (non-hydrogen) atoms. The number of rotatable bonds is 6. The molecule has 0 aromatic carbocycles. The van der Waals surface area contributed by atoms with Crippen molar-refractivity contribution in [1.82, 2.24) is 18.7 Å². The van der Waals surface area contributed by atoms with Crippen LogP contribution in [-0.2, 0) is 18.4 Å². The van der Waals surface area contributed by atoms with Gasteiger partial charge in [0.15, 0.2) is 11.2 Å². The van der Waals surface area contributed by atoms with Crippen molar-refractivity contribution < 1.29 is 4.79 Å². The van der Waals surface area contributed by atoms with Crippen molar-refractivity contribution >= 4 is 16.9 Å². The van der Waals surface area contributed by atoms with Crippen LogP contribution in [0.2, 0.25) is 0 Å². The number of hydrogen-bond donors (Lipinski definition) is 0. The summed E-state index contributed by atoms with van der Waals surface area (Å²) in [5, 5.41) is 0. The van der Waals surface area contributed by atoms with Crippen LogP contribution in [0.3, 0.4) is 0 Å². The molecule has 1 fully saturated rings. The second kappa shape index (κ2) is 5.55. The normalized spacial score (nSPS) is 14.6. The van der Waals surface area contributed by atoms with E-state index in [9.17, 15) is 14.4 Å². The minimum atomic E-state index is -0.292. The van der Waals surface area contributed by atoms with Gasteiger partial charge in [-0.25, -0.2) is 9.78 Å². The molecular weight excluding hydrogens is 284 g/mol. The van der Waals surface area contributed by atoms with Crippen LogP contribution in [-0.4, -0.2) is 24.5 Å². The third-order valence-electron chi connectivity index (χ3n) is 4.10. The van der Waals surface area contributed by atoms with Gasteiger partial charge in [0.1, 0.15) is 5.78 Å². The fourth-order valence-corrected chi connectivity index (χ4v) is 2.78. The molecule has 0 bridgehead atoms. The number of unbranched alkanes of at least 4 members (excludes halogenated alkanes) is 1. The summed E-state index contributed by atoms with van der Waals surface area (Å²) in [6.07, 6.45) is 5.29. The Labute approximate surface area is 127 Å². The Hall–Kier alpha value is -2.18. The van der Waals surface area contributed by atoms with Gasteiger partial charge in [0, 0.05) is 26.1 Å². The van der Waals surface area contributed by atoms with Crippen LogP contribution in [0, 0.1) is 0 Å². The lowest BCUT2D eigenvalue weighted by atomic mass is 10.2. The highest BCUT2D eigenvalue weighted by Crippen LogP contribution is 2.34. The third kappa shape index (κ3) is 2.51. The van der Waals surface area contributed by atoms with Crippen molar-refractivity contribution in [2.75, 3.05) is 0 Å². The van der Waals surface area contributed by atoms with E-state index in [0.717, 1.165) is 12.8 Å². The zero-order valence-electron chi connectivity index (χ0n) is 12.9. The maximum absolute atomic E-state index is 12.6. The molecule has 0 unspecified atom stereocenters. The fourth-order valence-electron chi connectivity index (χ4n) is 2.78. The second-order valence-electron chi connectivity index (χ2n) is 6.03. The molecule has 2 aromatic rings. The van der Waals surface area contributed by atoms with E-state index in [1.54, 1.807) is 29.4 Å². The first-order valence-electron chi connectivity index (χ1n) is 7.66. The number of nitrogens with zero attached hydrogens (tertiary/aromatic N) is 4. The molecule has 2 aromatic heterocycles. The second-order valence-corrected chi connectivity index (χ2v) is 6.03. The molecule has 1 aliphatic rings. The monoisotopic (exact) mass is 304 g/mol. The van der Waals surface area contributed by atoms with E-state index in [1.165, 1.54) is 4.57 Å². The highest BCUT2D eigenvalue weighted by atomic mass is 16.2. The Morgan fingerprint density at radius 2 is 2.05 bits per heavy atom. The minimum Gasteiger partial charge on any atom is -0.328 e. The van der Waals surface area contributed by atoms with Crippen molar-refractivity contribution in [1.29, 1.82) is 0 Å². The molecule has 0 amide bonds. The number of Topliss-reactive ketones (excluding diaryl/α,β-unsaturated/α-hetero) is 1. The van der Waals surface area contributed by atoms with E-state index < -0.39 is 0 Å².